The van der Waals surface area contributed by atoms with Gasteiger partial charge in [0.15, 0.2) is 11.6 Å². The Hall–Kier alpha value is -1.85. The van der Waals surface area contributed by atoms with Crippen molar-refractivity contribution in [1.82, 2.24) is 14.9 Å². The molecule has 1 saturated carbocycles. The van der Waals surface area contributed by atoms with Crippen molar-refractivity contribution in [3.63, 3.8) is 0 Å². The third kappa shape index (κ3) is 2.69. The molecule has 1 amide bonds. The lowest BCUT2D eigenvalue weighted by Crippen LogP contribution is -2.28. The molecule has 1 N–H and O–H groups in total. The fourth-order valence-electron chi connectivity index (χ4n) is 2.71. The lowest BCUT2D eigenvalue weighted by molar-refractivity contribution is -0.128. The first-order chi connectivity index (χ1) is 9.65. The molecule has 6 nitrogen and oxygen atoms in total. The molecule has 1 aliphatic heterocycles. The highest BCUT2D eigenvalue weighted by Gasteiger charge is 2.39. The molecule has 0 spiro atoms. The Labute approximate surface area is 119 Å². The highest BCUT2D eigenvalue weighted by molar-refractivity contribution is 5.79. The fourth-order valence-corrected chi connectivity index (χ4v) is 2.71. The molecule has 108 valence electrons. The third-order valence-electron chi connectivity index (χ3n) is 3.89. The van der Waals surface area contributed by atoms with Gasteiger partial charge in [-0.15, -0.1) is 0 Å². The normalized spacial score (nSPS) is 22.2. The molecule has 1 atom stereocenters. The van der Waals surface area contributed by atoms with Gasteiger partial charge < -0.3 is 15.1 Å². The maximum Gasteiger partial charge on any atom is 0.223 e. The number of likely N-dealkylation sites (tertiary alicyclic amines) is 1. The van der Waals surface area contributed by atoms with Crippen molar-refractivity contribution in [2.45, 2.75) is 25.3 Å². The summed E-state index contributed by atoms with van der Waals surface area (Å²) in [6, 6.07) is 0.529. The van der Waals surface area contributed by atoms with E-state index in [2.05, 4.69) is 20.2 Å². The number of nitrogens with zero attached hydrogens (tertiary/aromatic N) is 4. The Morgan fingerprint density at radius 1 is 1.35 bits per heavy atom. The van der Waals surface area contributed by atoms with E-state index in [4.69, 9.17) is 0 Å². The zero-order valence-electron chi connectivity index (χ0n) is 12.0. The van der Waals surface area contributed by atoms with E-state index in [1.165, 1.54) is 12.8 Å². The standard InChI is InChI=1S/C14H21N5O/c1-18(2)14-13(15-5-6-16-14)17-8-10-7-12(20)19(9-10)11-3-4-11/h5-6,10-11H,3-4,7-9H2,1-2H3,(H,15,17)/t10-/m1/s1. The van der Waals surface area contributed by atoms with Crippen LogP contribution in [0, 0.1) is 5.92 Å². The number of nitrogens with one attached hydrogen (secondary N) is 1. The first-order valence-electron chi connectivity index (χ1n) is 7.17. The van der Waals surface area contributed by atoms with E-state index in [1.807, 2.05) is 19.0 Å². The van der Waals surface area contributed by atoms with E-state index >= 15 is 0 Å². The number of amides is 1. The summed E-state index contributed by atoms with van der Waals surface area (Å²) in [4.78, 5) is 24.5. The zero-order chi connectivity index (χ0) is 14.1. The second-order valence-electron chi connectivity index (χ2n) is 5.85. The van der Waals surface area contributed by atoms with E-state index < -0.39 is 0 Å². The van der Waals surface area contributed by atoms with Crippen molar-refractivity contribution in [1.29, 1.82) is 0 Å². The number of rotatable bonds is 5. The van der Waals surface area contributed by atoms with Crippen LogP contribution in [-0.2, 0) is 4.79 Å². The summed E-state index contributed by atoms with van der Waals surface area (Å²) in [5.74, 6) is 2.30. The SMILES string of the molecule is CN(C)c1nccnc1NC[C@H]1CC(=O)N(C2CC2)C1. The van der Waals surface area contributed by atoms with Crippen molar-refractivity contribution >= 4 is 17.5 Å². The molecule has 0 unspecified atom stereocenters. The monoisotopic (exact) mass is 275 g/mol. The van der Waals surface area contributed by atoms with Crippen LogP contribution in [0.5, 0.6) is 0 Å². The average Bonchev–Trinajstić information content (AvgIpc) is 3.20. The molecule has 1 saturated heterocycles. The van der Waals surface area contributed by atoms with Crippen molar-refractivity contribution in [3.05, 3.63) is 12.4 Å². The number of anilines is 2. The van der Waals surface area contributed by atoms with Crippen molar-refractivity contribution < 1.29 is 4.79 Å². The van der Waals surface area contributed by atoms with Gasteiger partial charge in [0, 0.05) is 58.0 Å². The number of aromatic nitrogens is 2. The van der Waals surface area contributed by atoms with Gasteiger partial charge in [0.25, 0.3) is 0 Å². The lowest BCUT2D eigenvalue weighted by atomic mass is 10.1. The predicted octanol–water partition coefficient (Wildman–Crippen LogP) is 0.965. The number of hydrogen-bond donors (Lipinski definition) is 1. The van der Waals surface area contributed by atoms with E-state index in [0.29, 0.717) is 24.3 Å². The smallest absolute Gasteiger partial charge is 0.223 e. The van der Waals surface area contributed by atoms with Crippen LogP contribution in [0.1, 0.15) is 19.3 Å². The van der Waals surface area contributed by atoms with E-state index in [1.54, 1.807) is 12.4 Å². The van der Waals surface area contributed by atoms with Gasteiger partial charge in [-0.05, 0) is 12.8 Å². The largest absolute Gasteiger partial charge is 0.367 e. The molecule has 0 bridgehead atoms. The van der Waals surface area contributed by atoms with Crippen LogP contribution >= 0.6 is 0 Å². The van der Waals surface area contributed by atoms with Crippen LogP contribution in [0.3, 0.4) is 0 Å². The van der Waals surface area contributed by atoms with Crippen LogP contribution in [0.4, 0.5) is 11.6 Å². The first kappa shape index (κ1) is 13.1. The highest BCUT2D eigenvalue weighted by atomic mass is 16.2. The molecule has 6 heteroatoms. The molecule has 2 heterocycles. The second kappa shape index (κ2) is 5.26. The summed E-state index contributed by atoms with van der Waals surface area (Å²) in [5.41, 5.74) is 0. The molecule has 0 aromatic carbocycles. The quantitative estimate of drug-likeness (QED) is 0.867. The molecule has 1 aromatic heterocycles. The molecule has 1 aromatic rings. The Bertz CT molecular complexity index is 500. The Balaban J connectivity index is 1.59. The minimum Gasteiger partial charge on any atom is -0.367 e. The van der Waals surface area contributed by atoms with Gasteiger partial charge >= 0.3 is 0 Å². The van der Waals surface area contributed by atoms with Crippen LogP contribution in [0.25, 0.3) is 0 Å². The highest BCUT2D eigenvalue weighted by Crippen LogP contribution is 2.32. The average molecular weight is 275 g/mol. The van der Waals surface area contributed by atoms with Crippen molar-refractivity contribution in [2.75, 3.05) is 37.4 Å². The maximum absolute atomic E-state index is 11.9. The van der Waals surface area contributed by atoms with Crippen LogP contribution < -0.4 is 10.2 Å². The molecule has 2 aliphatic rings. The van der Waals surface area contributed by atoms with Gasteiger partial charge in [-0.2, -0.15) is 0 Å². The molecule has 20 heavy (non-hydrogen) atoms. The topological polar surface area (TPSA) is 61.4 Å². The molecular formula is C14H21N5O. The van der Waals surface area contributed by atoms with Gasteiger partial charge in [0.1, 0.15) is 0 Å². The minimum atomic E-state index is 0.311. The Morgan fingerprint density at radius 2 is 2.10 bits per heavy atom. The fraction of sp³-hybridized carbons (Fsp3) is 0.643. The van der Waals surface area contributed by atoms with E-state index in [0.717, 1.165) is 24.7 Å². The second-order valence-corrected chi connectivity index (χ2v) is 5.85. The molecular weight excluding hydrogens is 254 g/mol. The summed E-state index contributed by atoms with van der Waals surface area (Å²) in [6.45, 7) is 1.66. The Kier molecular flexibility index (Phi) is 3.46. The summed E-state index contributed by atoms with van der Waals surface area (Å²) in [6.07, 6.45) is 6.39. The van der Waals surface area contributed by atoms with E-state index in [-0.39, 0.29) is 0 Å². The molecule has 0 radical (unpaired) electrons. The minimum absolute atomic E-state index is 0.311. The molecule has 1 aliphatic carbocycles. The summed E-state index contributed by atoms with van der Waals surface area (Å²) in [5, 5.41) is 3.34. The first-order valence-corrected chi connectivity index (χ1v) is 7.17. The van der Waals surface area contributed by atoms with Crippen LogP contribution in [-0.4, -0.2) is 54.0 Å². The predicted molar refractivity (Wildman–Crippen MR) is 77.7 cm³/mol. The lowest BCUT2D eigenvalue weighted by Gasteiger charge is -2.18. The van der Waals surface area contributed by atoms with Gasteiger partial charge in [0.05, 0.1) is 0 Å². The number of hydrogen-bond acceptors (Lipinski definition) is 5. The summed E-state index contributed by atoms with van der Waals surface area (Å²) in [7, 11) is 3.90. The van der Waals surface area contributed by atoms with Crippen molar-refractivity contribution in [3.8, 4) is 0 Å². The van der Waals surface area contributed by atoms with Gasteiger partial charge in [-0.25, -0.2) is 9.97 Å². The summed E-state index contributed by atoms with van der Waals surface area (Å²) < 4.78 is 0. The maximum atomic E-state index is 11.9. The van der Waals surface area contributed by atoms with Crippen LogP contribution in [0.15, 0.2) is 12.4 Å². The zero-order valence-corrected chi connectivity index (χ0v) is 12.0. The van der Waals surface area contributed by atoms with Crippen LogP contribution in [0.2, 0.25) is 0 Å². The number of carbonyl (C=O) groups excluding carboxylic acids is 1. The van der Waals surface area contributed by atoms with Gasteiger partial charge in [-0.1, -0.05) is 0 Å². The summed E-state index contributed by atoms with van der Waals surface area (Å²) >= 11 is 0. The van der Waals surface area contributed by atoms with Gasteiger partial charge in [0.2, 0.25) is 5.91 Å². The molecule has 2 fully saturated rings. The van der Waals surface area contributed by atoms with Gasteiger partial charge in [-0.3, -0.25) is 4.79 Å². The Morgan fingerprint density at radius 3 is 2.80 bits per heavy atom. The third-order valence-corrected chi connectivity index (χ3v) is 3.89. The van der Waals surface area contributed by atoms with Crippen molar-refractivity contribution in [2.24, 2.45) is 5.92 Å². The van der Waals surface area contributed by atoms with E-state index in [9.17, 15) is 4.79 Å². The molecule has 3 rings (SSSR count). The number of carbonyl (C=O) groups is 1.